The van der Waals surface area contributed by atoms with E-state index in [-0.39, 0.29) is 28.2 Å². The molecule has 1 unspecified atom stereocenters. The Morgan fingerprint density at radius 2 is 1.47 bits per heavy atom. The first-order chi connectivity index (χ1) is 22.6. The lowest BCUT2D eigenvalue weighted by atomic mass is 9.95. The number of methoxy groups -OCH3 is 2. The molecule has 0 aliphatic rings. The van der Waals surface area contributed by atoms with Crippen LogP contribution in [0.25, 0.3) is 11.0 Å². The number of carbonyl (C=O) groups excluding carboxylic acids is 1. The minimum Gasteiger partial charge on any atom is -0.497 e. The molecule has 5 rings (SSSR count). The van der Waals surface area contributed by atoms with Gasteiger partial charge in [0.25, 0.3) is 10.0 Å². The highest BCUT2D eigenvalue weighted by atomic mass is 32.2. The molecule has 0 radical (unpaired) electrons. The summed E-state index contributed by atoms with van der Waals surface area (Å²) < 4.78 is 40.9. The predicted octanol–water partition coefficient (Wildman–Crippen LogP) is 6.78. The highest BCUT2D eigenvalue weighted by Gasteiger charge is 2.21. The van der Waals surface area contributed by atoms with Gasteiger partial charge in [0.05, 0.1) is 36.7 Å². The van der Waals surface area contributed by atoms with Gasteiger partial charge in [-0.05, 0) is 54.8 Å². The summed E-state index contributed by atoms with van der Waals surface area (Å²) in [5, 5.41) is 3.18. The first-order valence-corrected chi connectivity index (χ1v) is 16.8. The Bertz CT molecular complexity index is 1930. The predicted molar refractivity (Wildman–Crippen MR) is 185 cm³/mol. The fraction of sp³-hybridized carbons (Fsp3) is 0.250. The SMILES string of the molecule is COc1cc(Nc2nc3ccccc3nc2NS(=O)(=O)c2cccc(C(C)CCC(=O)CN(C)Cc3ccccc3)c2)cc(OC)c1. The van der Waals surface area contributed by atoms with Gasteiger partial charge < -0.3 is 14.8 Å². The molecule has 10 nitrogen and oxygen atoms in total. The second-order valence-corrected chi connectivity index (χ2v) is 13.1. The summed E-state index contributed by atoms with van der Waals surface area (Å²) in [5.74, 6) is 1.46. The third-order valence-electron chi connectivity index (χ3n) is 7.75. The zero-order chi connectivity index (χ0) is 33.4. The van der Waals surface area contributed by atoms with E-state index in [4.69, 9.17) is 9.47 Å². The third-order valence-corrected chi connectivity index (χ3v) is 9.09. The van der Waals surface area contributed by atoms with Crippen molar-refractivity contribution in [1.82, 2.24) is 14.9 Å². The van der Waals surface area contributed by atoms with Crippen LogP contribution < -0.4 is 19.5 Å². The molecule has 5 aromatic rings. The van der Waals surface area contributed by atoms with Gasteiger partial charge in [-0.3, -0.25) is 14.4 Å². The van der Waals surface area contributed by atoms with Crippen molar-refractivity contribution in [1.29, 1.82) is 0 Å². The molecule has 1 aromatic heterocycles. The fourth-order valence-corrected chi connectivity index (χ4v) is 6.29. The average Bonchev–Trinajstić information content (AvgIpc) is 3.07. The molecule has 0 amide bonds. The van der Waals surface area contributed by atoms with Gasteiger partial charge in [0.15, 0.2) is 11.6 Å². The van der Waals surface area contributed by atoms with Crippen molar-refractivity contribution in [3.63, 3.8) is 0 Å². The Morgan fingerprint density at radius 1 is 0.830 bits per heavy atom. The van der Waals surface area contributed by atoms with Crippen LogP contribution >= 0.6 is 0 Å². The molecule has 11 heteroatoms. The van der Waals surface area contributed by atoms with E-state index < -0.39 is 10.0 Å². The average molecular weight is 654 g/mol. The number of likely N-dealkylation sites (N-methyl/N-ethyl adjacent to an activating group) is 1. The molecule has 0 aliphatic heterocycles. The number of carbonyl (C=O) groups is 1. The van der Waals surface area contributed by atoms with E-state index in [1.807, 2.05) is 67.4 Å². The van der Waals surface area contributed by atoms with Crippen LogP contribution in [0.5, 0.6) is 11.5 Å². The summed E-state index contributed by atoms with van der Waals surface area (Å²) in [6.45, 7) is 3.05. The first-order valence-electron chi connectivity index (χ1n) is 15.3. The van der Waals surface area contributed by atoms with Crippen LogP contribution in [0.1, 0.15) is 36.8 Å². The molecule has 1 atom stereocenters. The zero-order valence-electron chi connectivity index (χ0n) is 26.9. The van der Waals surface area contributed by atoms with Gasteiger partial charge in [-0.15, -0.1) is 0 Å². The van der Waals surface area contributed by atoms with Crippen molar-refractivity contribution in [2.24, 2.45) is 0 Å². The molecule has 0 fully saturated rings. The van der Waals surface area contributed by atoms with Gasteiger partial charge in [-0.2, -0.15) is 0 Å². The van der Waals surface area contributed by atoms with Gasteiger partial charge in [0.2, 0.25) is 0 Å². The summed E-state index contributed by atoms with van der Waals surface area (Å²) in [4.78, 5) is 24.1. The van der Waals surface area contributed by atoms with E-state index >= 15 is 0 Å². The Kier molecular flexibility index (Phi) is 10.7. The largest absolute Gasteiger partial charge is 0.497 e. The number of ether oxygens (including phenoxy) is 2. The van der Waals surface area contributed by atoms with Gasteiger partial charge in [-0.1, -0.05) is 61.5 Å². The third kappa shape index (κ3) is 8.84. The minimum atomic E-state index is -4.07. The number of sulfonamides is 1. The molecule has 0 saturated carbocycles. The van der Waals surface area contributed by atoms with Gasteiger partial charge in [0, 0.05) is 36.9 Å². The lowest BCUT2D eigenvalue weighted by Crippen LogP contribution is -2.25. The number of fused-ring (bicyclic) bond motifs is 1. The lowest BCUT2D eigenvalue weighted by molar-refractivity contribution is -0.120. The highest BCUT2D eigenvalue weighted by molar-refractivity contribution is 7.92. The molecule has 4 aromatic carbocycles. The van der Waals surface area contributed by atoms with Crippen LogP contribution in [0.2, 0.25) is 0 Å². The van der Waals surface area contributed by atoms with E-state index in [0.717, 1.165) is 11.1 Å². The maximum absolute atomic E-state index is 13.7. The molecule has 0 bridgehead atoms. The van der Waals surface area contributed by atoms with Crippen molar-refractivity contribution in [2.75, 3.05) is 37.9 Å². The minimum absolute atomic E-state index is 0.0331. The number of nitrogens with one attached hydrogen (secondary N) is 2. The Labute approximate surface area is 275 Å². The number of Topliss-reactive ketones (excluding diaryl/α,β-unsaturated/α-hetero) is 1. The van der Waals surface area contributed by atoms with Crippen LogP contribution in [0.15, 0.2) is 102 Å². The Morgan fingerprint density at radius 3 is 2.13 bits per heavy atom. The van der Waals surface area contributed by atoms with E-state index in [0.29, 0.717) is 54.2 Å². The van der Waals surface area contributed by atoms with Gasteiger partial charge in [-0.25, -0.2) is 18.4 Å². The second kappa shape index (κ2) is 15.1. The standard InChI is InChI=1S/C36H39N5O5S/c1-25(17-18-29(42)24-41(2)23-26-11-6-5-7-12-26)27-13-10-14-32(19-27)47(43,44)40-36-35(38-33-15-8-9-16-34(33)39-36)37-28-20-30(45-3)22-31(21-28)46-4/h5-16,19-22,25H,17-18,23-24H2,1-4H3,(H,37,38)(H,39,40). The number of rotatable bonds is 15. The molecule has 2 N–H and O–H groups in total. The summed E-state index contributed by atoms with van der Waals surface area (Å²) in [6.07, 6.45) is 0.995. The van der Waals surface area contributed by atoms with Crippen molar-refractivity contribution in [3.8, 4) is 11.5 Å². The number of para-hydroxylation sites is 2. The number of nitrogens with zero attached hydrogens (tertiary/aromatic N) is 3. The molecule has 0 spiro atoms. The molecule has 0 aliphatic carbocycles. The maximum atomic E-state index is 13.7. The van der Waals surface area contributed by atoms with Crippen molar-refractivity contribution in [2.45, 2.75) is 37.1 Å². The van der Waals surface area contributed by atoms with Crippen LogP contribution in [0, 0.1) is 0 Å². The second-order valence-electron chi connectivity index (χ2n) is 11.5. The molecule has 244 valence electrons. The van der Waals surface area contributed by atoms with Crippen LogP contribution in [0.4, 0.5) is 17.3 Å². The number of hydrogen-bond donors (Lipinski definition) is 2. The van der Waals surface area contributed by atoms with Crippen molar-refractivity contribution < 1.29 is 22.7 Å². The van der Waals surface area contributed by atoms with E-state index in [2.05, 4.69) is 20.0 Å². The van der Waals surface area contributed by atoms with E-state index in [1.54, 1.807) is 56.7 Å². The van der Waals surface area contributed by atoms with Crippen LogP contribution in [0.3, 0.4) is 0 Å². The highest BCUT2D eigenvalue weighted by Crippen LogP contribution is 2.32. The molecular weight excluding hydrogens is 614 g/mol. The number of ketones is 1. The lowest BCUT2D eigenvalue weighted by Gasteiger charge is -2.17. The topological polar surface area (TPSA) is 123 Å². The summed E-state index contributed by atoms with van der Waals surface area (Å²) in [5.41, 5.74) is 3.67. The van der Waals surface area contributed by atoms with Gasteiger partial charge in [0.1, 0.15) is 17.3 Å². The molecular formula is C36H39N5O5S. The first kappa shape index (κ1) is 33.4. The van der Waals surface area contributed by atoms with E-state index in [9.17, 15) is 13.2 Å². The van der Waals surface area contributed by atoms with Gasteiger partial charge >= 0.3 is 0 Å². The number of hydrogen-bond acceptors (Lipinski definition) is 9. The quantitative estimate of drug-likeness (QED) is 0.126. The maximum Gasteiger partial charge on any atom is 0.263 e. The van der Waals surface area contributed by atoms with Crippen molar-refractivity contribution in [3.05, 3.63) is 108 Å². The number of aromatic nitrogens is 2. The molecule has 47 heavy (non-hydrogen) atoms. The zero-order valence-corrected chi connectivity index (χ0v) is 27.8. The molecule has 0 saturated heterocycles. The number of anilines is 3. The summed E-state index contributed by atoms with van der Waals surface area (Å²) in [7, 11) is 0.960. The number of benzene rings is 4. The Hall–Kier alpha value is -5.00. The summed E-state index contributed by atoms with van der Waals surface area (Å²) in [6, 6.07) is 29.2. The smallest absolute Gasteiger partial charge is 0.263 e. The van der Waals surface area contributed by atoms with Crippen LogP contribution in [-0.2, 0) is 21.4 Å². The fourth-order valence-electron chi connectivity index (χ4n) is 5.22. The summed E-state index contributed by atoms with van der Waals surface area (Å²) >= 11 is 0. The van der Waals surface area contributed by atoms with Crippen LogP contribution in [-0.4, -0.2) is 56.9 Å². The Balaban J connectivity index is 1.31. The molecule has 1 heterocycles. The monoisotopic (exact) mass is 653 g/mol. The normalized spacial score (nSPS) is 12.1. The van der Waals surface area contributed by atoms with E-state index in [1.165, 1.54) is 6.07 Å². The van der Waals surface area contributed by atoms with Crippen molar-refractivity contribution >= 4 is 44.2 Å².